The van der Waals surface area contributed by atoms with Gasteiger partial charge in [0.15, 0.2) is 0 Å². The van der Waals surface area contributed by atoms with Gasteiger partial charge in [-0.1, -0.05) is 23.7 Å². The van der Waals surface area contributed by atoms with E-state index in [1.54, 1.807) is 51.3 Å². The molecule has 0 radical (unpaired) electrons. The predicted octanol–water partition coefficient (Wildman–Crippen LogP) is 3.67. The van der Waals surface area contributed by atoms with E-state index in [-0.39, 0.29) is 11.8 Å². The van der Waals surface area contributed by atoms with Crippen molar-refractivity contribution in [1.82, 2.24) is 10.6 Å². The highest BCUT2D eigenvalue weighted by molar-refractivity contribution is 6.32. The van der Waals surface area contributed by atoms with Gasteiger partial charge in [-0.05, 0) is 43.7 Å². The summed E-state index contributed by atoms with van der Waals surface area (Å²) in [5, 5.41) is 5.87. The van der Waals surface area contributed by atoms with Crippen molar-refractivity contribution in [2.75, 3.05) is 7.11 Å². The van der Waals surface area contributed by atoms with Gasteiger partial charge in [-0.15, -0.1) is 0 Å². The number of hydrogen-bond acceptors (Lipinski definition) is 4. The second kappa shape index (κ2) is 8.77. The lowest BCUT2D eigenvalue weighted by Crippen LogP contribution is -2.53. The van der Waals surface area contributed by atoms with Gasteiger partial charge in [-0.25, -0.2) is 0 Å². The summed E-state index contributed by atoms with van der Waals surface area (Å²) < 4.78 is 10.9. The molecule has 2 aromatic rings. The Labute approximate surface area is 163 Å². The Morgan fingerprint density at radius 2 is 1.70 bits per heavy atom. The van der Waals surface area contributed by atoms with Crippen molar-refractivity contribution in [1.29, 1.82) is 0 Å². The number of halogens is 1. The van der Waals surface area contributed by atoms with Crippen molar-refractivity contribution >= 4 is 23.4 Å². The molecule has 0 atom stereocenters. The van der Waals surface area contributed by atoms with Gasteiger partial charge in [-0.2, -0.15) is 0 Å². The highest BCUT2D eigenvalue weighted by atomic mass is 35.5. The number of ether oxygens (including phenoxy) is 2. The third-order valence-electron chi connectivity index (χ3n) is 3.80. The Hall–Kier alpha value is -2.73. The highest BCUT2D eigenvalue weighted by Gasteiger charge is 2.27. The quantitative estimate of drug-likeness (QED) is 0.756. The van der Waals surface area contributed by atoms with Crippen LogP contribution in [0, 0.1) is 0 Å². The molecule has 0 aliphatic heterocycles. The molecule has 2 aromatic carbocycles. The minimum Gasteiger partial charge on any atom is -0.497 e. The van der Waals surface area contributed by atoms with Crippen LogP contribution < -0.4 is 20.1 Å². The number of carbonyl (C=O) groups excluding carboxylic acids is 2. The van der Waals surface area contributed by atoms with Crippen molar-refractivity contribution in [3.63, 3.8) is 0 Å². The zero-order valence-corrected chi connectivity index (χ0v) is 16.5. The maximum Gasteiger partial charge on any atom is 0.245 e. The molecule has 0 saturated heterocycles. The molecule has 0 aliphatic carbocycles. The number of methoxy groups -OCH3 is 1. The summed E-state index contributed by atoms with van der Waals surface area (Å²) in [6.07, 6.45) is 0. The molecule has 0 saturated carbocycles. The van der Waals surface area contributed by atoms with Gasteiger partial charge < -0.3 is 20.1 Å². The van der Waals surface area contributed by atoms with Gasteiger partial charge >= 0.3 is 0 Å². The van der Waals surface area contributed by atoms with Crippen LogP contribution in [0.3, 0.4) is 0 Å². The van der Waals surface area contributed by atoms with E-state index < -0.39 is 5.54 Å². The number of hydrogen-bond donors (Lipinski definition) is 2. The lowest BCUT2D eigenvalue weighted by Gasteiger charge is -2.24. The summed E-state index contributed by atoms with van der Waals surface area (Å²) >= 11 is 6.17. The maximum atomic E-state index is 12.2. The average Bonchev–Trinajstić information content (AvgIpc) is 2.61. The van der Waals surface area contributed by atoms with Crippen LogP contribution in [0.25, 0.3) is 0 Å². The first-order valence-electron chi connectivity index (χ1n) is 8.38. The lowest BCUT2D eigenvalue weighted by molar-refractivity contribution is -0.131. The van der Waals surface area contributed by atoms with Gasteiger partial charge in [0.05, 0.1) is 12.1 Å². The number of amides is 2. The van der Waals surface area contributed by atoms with Gasteiger partial charge in [0, 0.05) is 19.5 Å². The molecule has 144 valence electrons. The number of carbonyl (C=O) groups is 2. The van der Waals surface area contributed by atoms with Gasteiger partial charge in [0.2, 0.25) is 11.8 Å². The minimum atomic E-state index is -0.972. The van der Waals surface area contributed by atoms with Crippen LogP contribution in [0.5, 0.6) is 17.2 Å². The molecule has 6 nitrogen and oxygen atoms in total. The van der Waals surface area contributed by atoms with Crippen LogP contribution in [0.1, 0.15) is 26.3 Å². The Morgan fingerprint density at radius 1 is 1.07 bits per heavy atom. The van der Waals surface area contributed by atoms with E-state index >= 15 is 0 Å². The molecule has 7 heteroatoms. The van der Waals surface area contributed by atoms with E-state index in [4.69, 9.17) is 21.1 Å². The minimum absolute atomic E-state index is 0.256. The summed E-state index contributed by atoms with van der Waals surface area (Å²) in [6, 6.07) is 12.5. The van der Waals surface area contributed by atoms with E-state index in [9.17, 15) is 9.59 Å². The van der Waals surface area contributed by atoms with E-state index in [0.29, 0.717) is 28.8 Å². The van der Waals surface area contributed by atoms with Gasteiger partial charge in [0.1, 0.15) is 22.8 Å². The van der Waals surface area contributed by atoms with Gasteiger partial charge in [0.25, 0.3) is 0 Å². The zero-order chi connectivity index (χ0) is 20.0. The molecule has 0 aliphatic rings. The first-order valence-corrected chi connectivity index (χ1v) is 8.76. The zero-order valence-electron chi connectivity index (χ0n) is 15.8. The molecule has 2 N–H and O–H groups in total. The molecule has 2 amide bonds. The molecular weight excluding hydrogens is 368 g/mol. The average molecular weight is 391 g/mol. The molecule has 2 rings (SSSR count). The molecule has 0 unspecified atom stereocenters. The van der Waals surface area contributed by atoms with Crippen LogP contribution in [0.15, 0.2) is 42.5 Å². The number of benzene rings is 2. The highest BCUT2D eigenvalue weighted by Crippen LogP contribution is 2.32. The molecule has 0 bridgehead atoms. The Kier molecular flexibility index (Phi) is 6.69. The summed E-state index contributed by atoms with van der Waals surface area (Å²) in [7, 11) is 1.57. The van der Waals surface area contributed by atoms with Gasteiger partial charge in [-0.3, -0.25) is 9.59 Å². The van der Waals surface area contributed by atoms with E-state index in [2.05, 4.69) is 10.6 Å². The lowest BCUT2D eigenvalue weighted by atomic mass is 10.0. The first-order chi connectivity index (χ1) is 12.7. The SMILES string of the molecule is COc1ccc(Oc2ccc(CNC(=O)C(C)(C)NC(C)=O)cc2)c(Cl)c1. The van der Waals surface area contributed by atoms with Crippen molar-refractivity contribution in [2.45, 2.75) is 32.9 Å². The van der Waals surface area contributed by atoms with Crippen LogP contribution in [0.4, 0.5) is 0 Å². The molecular formula is C20H23ClN2O4. The second-order valence-electron chi connectivity index (χ2n) is 6.53. The Balaban J connectivity index is 1.95. The topological polar surface area (TPSA) is 76.7 Å². The third kappa shape index (κ3) is 5.89. The normalized spacial score (nSPS) is 10.9. The van der Waals surface area contributed by atoms with Crippen LogP contribution in [-0.4, -0.2) is 24.5 Å². The standard InChI is InChI=1S/C20H23ClN2O4/c1-13(24)23-20(2,3)19(25)22-12-14-5-7-15(8-6-14)27-18-10-9-16(26-4)11-17(18)21/h5-11H,12H2,1-4H3,(H,22,25)(H,23,24). The smallest absolute Gasteiger partial charge is 0.245 e. The molecule has 0 fully saturated rings. The van der Waals surface area contributed by atoms with Crippen LogP contribution >= 0.6 is 11.6 Å². The maximum absolute atomic E-state index is 12.2. The van der Waals surface area contributed by atoms with Crippen LogP contribution in [0.2, 0.25) is 5.02 Å². The molecule has 0 spiro atoms. The summed E-state index contributed by atoms with van der Waals surface area (Å²) in [4.78, 5) is 23.4. The van der Waals surface area contributed by atoms with Crippen molar-refractivity contribution < 1.29 is 19.1 Å². The predicted molar refractivity (Wildman–Crippen MR) is 104 cm³/mol. The van der Waals surface area contributed by atoms with Crippen LogP contribution in [-0.2, 0) is 16.1 Å². The summed E-state index contributed by atoms with van der Waals surface area (Å²) in [5.41, 5.74) is -0.0739. The number of rotatable bonds is 7. The fourth-order valence-corrected chi connectivity index (χ4v) is 2.60. The van der Waals surface area contributed by atoms with E-state index in [0.717, 1.165) is 5.56 Å². The fourth-order valence-electron chi connectivity index (χ4n) is 2.39. The largest absolute Gasteiger partial charge is 0.497 e. The fraction of sp³-hybridized carbons (Fsp3) is 0.300. The Morgan fingerprint density at radius 3 is 2.26 bits per heavy atom. The van der Waals surface area contributed by atoms with Crippen molar-refractivity contribution in [3.8, 4) is 17.2 Å². The van der Waals surface area contributed by atoms with Crippen molar-refractivity contribution in [2.24, 2.45) is 0 Å². The summed E-state index contributed by atoms with van der Waals surface area (Å²) in [6.45, 7) is 5.02. The number of nitrogens with one attached hydrogen (secondary N) is 2. The molecule has 27 heavy (non-hydrogen) atoms. The van der Waals surface area contributed by atoms with E-state index in [1.165, 1.54) is 6.92 Å². The first kappa shape index (κ1) is 20.6. The monoisotopic (exact) mass is 390 g/mol. The Bertz CT molecular complexity index is 819. The summed E-state index contributed by atoms with van der Waals surface area (Å²) in [5.74, 6) is 1.28. The molecule has 0 heterocycles. The van der Waals surface area contributed by atoms with E-state index in [1.807, 2.05) is 12.1 Å². The third-order valence-corrected chi connectivity index (χ3v) is 4.09. The second-order valence-corrected chi connectivity index (χ2v) is 6.94. The van der Waals surface area contributed by atoms with Crippen molar-refractivity contribution in [3.05, 3.63) is 53.1 Å². The molecule has 0 aromatic heterocycles.